The molecule has 0 aliphatic carbocycles. The van der Waals surface area contributed by atoms with Crippen LogP contribution in [0.5, 0.6) is 0 Å². The van der Waals surface area contributed by atoms with Crippen molar-refractivity contribution >= 4 is 17.5 Å². The highest BCUT2D eigenvalue weighted by Gasteiger charge is 2.13. The van der Waals surface area contributed by atoms with Gasteiger partial charge < -0.3 is 10.4 Å². The van der Waals surface area contributed by atoms with Crippen molar-refractivity contribution in [2.45, 2.75) is 26.0 Å². The van der Waals surface area contributed by atoms with Gasteiger partial charge in [0.15, 0.2) is 0 Å². The van der Waals surface area contributed by atoms with Crippen molar-refractivity contribution in [3.63, 3.8) is 0 Å². The lowest BCUT2D eigenvalue weighted by atomic mass is 9.93. The molecule has 32 heavy (non-hydrogen) atoms. The third-order valence-corrected chi connectivity index (χ3v) is 6.33. The summed E-state index contributed by atoms with van der Waals surface area (Å²) in [4.78, 5) is 7.07. The minimum Gasteiger partial charge on any atom is -0.392 e. The Kier molecular flexibility index (Phi) is 6.15. The van der Waals surface area contributed by atoms with Gasteiger partial charge in [0.1, 0.15) is 0 Å². The maximum atomic E-state index is 9.29. The summed E-state index contributed by atoms with van der Waals surface area (Å²) < 4.78 is 0. The van der Waals surface area contributed by atoms with Crippen LogP contribution in [0.4, 0.5) is 5.69 Å². The van der Waals surface area contributed by atoms with Crippen LogP contribution in [-0.4, -0.2) is 35.9 Å². The van der Waals surface area contributed by atoms with Crippen LogP contribution >= 0.6 is 0 Å². The Morgan fingerprint density at radius 1 is 0.875 bits per heavy atom. The topological polar surface area (TPSA) is 47.9 Å². The number of rotatable bonds is 6. The van der Waals surface area contributed by atoms with Crippen LogP contribution in [0.15, 0.2) is 77.9 Å². The molecule has 4 nitrogen and oxygen atoms in total. The molecule has 0 aromatic heterocycles. The first-order valence-electron chi connectivity index (χ1n) is 11.4. The molecule has 1 saturated heterocycles. The van der Waals surface area contributed by atoms with Gasteiger partial charge in [0.25, 0.3) is 0 Å². The smallest absolute Gasteiger partial charge is 0.0681 e. The van der Waals surface area contributed by atoms with E-state index in [1.54, 1.807) is 0 Å². The Balaban J connectivity index is 1.33. The van der Waals surface area contributed by atoms with Gasteiger partial charge in [-0.25, -0.2) is 0 Å². The summed E-state index contributed by atoms with van der Waals surface area (Å²) in [7, 11) is 0. The number of likely N-dealkylation sites (tertiary alicyclic amines) is 1. The van der Waals surface area contributed by atoms with Gasteiger partial charge in [-0.3, -0.25) is 9.89 Å². The quantitative estimate of drug-likeness (QED) is 0.564. The molecule has 2 heterocycles. The highest BCUT2D eigenvalue weighted by atomic mass is 16.3. The molecule has 3 aromatic rings. The van der Waals surface area contributed by atoms with E-state index in [1.165, 1.54) is 48.2 Å². The molecule has 4 heteroatoms. The van der Waals surface area contributed by atoms with Crippen LogP contribution in [0.25, 0.3) is 16.7 Å². The van der Waals surface area contributed by atoms with E-state index in [4.69, 9.17) is 0 Å². The lowest BCUT2D eigenvalue weighted by Crippen LogP contribution is -2.18. The number of aliphatic hydroxyl groups excluding tert-OH is 1. The monoisotopic (exact) mass is 423 g/mol. The van der Waals surface area contributed by atoms with Crippen LogP contribution < -0.4 is 5.32 Å². The highest BCUT2D eigenvalue weighted by Crippen LogP contribution is 2.29. The maximum absolute atomic E-state index is 9.29. The van der Waals surface area contributed by atoms with Gasteiger partial charge in [-0.1, -0.05) is 48.5 Å². The number of aliphatic imine (C=N–C) groups is 1. The van der Waals surface area contributed by atoms with Crippen molar-refractivity contribution in [1.29, 1.82) is 0 Å². The van der Waals surface area contributed by atoms with E-state index in [9.17, 15) is 5.11 Å². The van der Waals surface area contributed by atoms with Crippen LogP contribution in [-0.2, 0) is 13.2 Å². The van der Waals surface area contributed by atoms with E-state index in [1.807, 2.05) is 18.3 Å². The molecule has 2 aliphatic heterocycles. The summed E-state index contributed by atoms with van der Waals surface area (Å²) in [6, 6.07) is 23.3. The molecule has 3 aromatic carbocycles. The number of anilines is 1. The molecule has 0 radical (unpaired) electrons. The van der Waals surface area contributed by atoms with Crippen molar-refractivity contribution in [1.82, 2.24) is 4.90 Å². The van der Waals surface area contributed by atoms with E-state index in [-0.39, 0.29) is 6.61 Å². The Morgan fingerprint density at radius 3 is 2.34 bits per heavy atom. The van der Waals surface area contributed by atoms with Crippen molar-refractivity contribution in [3.8, 4) is 11.1 Å². The van der Waals surface area contributed by atoms with Gasteiger partial charge in [-0.15, -0.1) is 0 Å². The molecule has 0 unspecified atom stereocenters. The Labute approximate surface area is 189 Å². The zero-order chi connectivity index (χ0) is 21.8. The largest absolute Gasteiger partial charge is 0.392 e. The second-order valence-corrected chi connectivity index (χ2v) is 8.62. The lowest BCUT2D eigenvalue weighted by Gasteiger charge is -2.17. The zero-order valence-electron chi connectivity index (χ0n) is 18.3. The first-order valence-corrected chi connectivity index (χ1v) is 11.4. The number of nitrogens with zero attached hydrogens (tertiary/aromatic N) is 2. The average Bonchev–Trinajstić information content (AvgIpc) is 3.36. The minimum atomic E-state index is 0.0682. The van der Waals surface area contributed by atoms with Crippen LogP contribution in [0.1, 0.15) is 35.1 Å². The second kappa shape index (κ2) is 9.51. The molecular weight excluding hydrogens is 394 g/mol. The van der Waals surface area contributed by atoms with E-state index >= 15 is 0 Å². The molecule has 0 amide bonds. The van der Waals surface area contributed by atoms with Crippen molar-refractivity contribution in [2.24, 2.45) is 4.99 Å². The molecular formula is C28H29N3O. The van der Waals surface area contributed by atoms with E-state index in [0.717, 1.165) is 28.9 Å². The normalized spacial score (nSPS) is 17.0. The van der Waals surface area contributed by atoms with Crippen LogP contribution in [0.2, 0.25) is 0 Å². The highest BCUT2D eigenvalue weighted by molar-refractivity contribution is 5.94. The second-order valence-electron chi connectivity index (χ2n) is 8.62. The summed E-state index contributed by atoms with van der Waals surface area (Å²) >= 11 is 0. The van der Waals surface area contributed by atoms with E-state index in [0.29, 0.717) is 6.54 Å². The number of nitrogens with one attached hydrogen (secondary N) is 1. The SMILES string of the molecule is OCc1ccc(-c2ccc3c(c2)C(=CNc2ccc(CN4CCCC4)cc2)CN=C3)cc1. The van der Waals surface area contributed by atoms with Crippen LogP contribution in [0.3, 0.4) is 0 Å². The predicted molar refractivity (Wildman–Crippen MR) is 133 cm³/mol. The number of benzene rings is 3. The van der Waals surface area contributed by atoms with E-state index < -0.39 is 0 Å². The molecule has 0 bridgehead atoms. The summed E-state index contributed by atoms with van der Waals surface area (Å²) in [5.41, 5.74) is 9.23. The van der Waals surface area contributed by atoms with Crippen molar-refractivity contribution in [3.05, 3.63) is 95.2 Å². The number of hydrogen-bond donors (Lipinski definition) is 2. The molecule has 2 aliphatic rings. The molecule has 5 rings (SSSR count). The third-order valence-electron chi connectivity index (χ3n) is 6.33. The fraction of sp³-hybridized carbons (Fsp3) is 0.250. The minimum absolute atomic E-state index is 0.0682. The predicted octanol–water partition coefficient (Wildman–Crippen LogP) is 5.33. The first-order chi connectivity index (χ1) is 15.8. The zero-order valence-corrected chi connectivity index (χ0v) is 18.3. The molecule has 0 atom stereocenters. The van der Waals surface area contributed by atoms with Gasteiger partial charge in [-0.05, 0) is 83.1 Å². The molecule has 162 valence electrons. The van der Waals surface area contributed by atoms with Crippen LogP contribution in [0, 0.1) is 0 Å². The summed E-state index contributed by atoms with van der Waals surface area (Å²) in [6.07, 6.45) is 6.70. The van der Waals surface area contributed by atoms with Gasteiger partial charge in [0, 0.05) is 24.6 Å². The molecule has 0 spiro atoms. The Bertz CT molecular complexity index is 1120. The third kappa shape index (κ3) is 4.67. The van der Waals surface area contributed by atoms with E-state index in [2.05, 4.69) is 76.0 Å². The summed E-state index contributed by atoms with van der Waals surface area (Å²) in [6.45, 7) is 4.23. The van der Waals surface area contributed by atoms with Gasteiger partial charge in [0.05, 0.1) is 13.2 Å². The standard InChI is InChI=1S/C28H29N3O/c32-20-22-3-7-23(8-4-22)24-9-10-25-16-29-17-26(28(25)15-24)18-30-27-11-5-21(6-12-27)19-31-13-1-2-14-31/h3-12,15-16,18,30,32H,1-2,13-14,17,19-20H2. The Morgan fingerprint density at radius 2 is 1.59 bits per heavy atom. The van der Waals surface area contributed by atoms with Crippen molar-refractivity contribution < 1.29 is 5.11 Å². The summed E-state index contributed by atoms with van der Waals surface area (Å²) in [5.74, 6) is 0. The lowest BCUT2D eigenvalue weighted by molar-refractivity contribution is 0.282. The van der Waals surface area contributed by atoms with Crippen molar-refractivity contribution in [2.75, 3.05) is 25.0 Å². The number of fused-ring (bicyclic) bond motifs is 1. The first kappa shape index (κ1) is 20.7. The number of aliphatic hydroxyl groups is 1. The molecule has 0 saturated carbocycles. The van der Waals surface area contributed by atoms with Gasteiger partial charge in [0.2, 0.25) is 0 Å². The van der Waals surface area contributed by atoms with Gasteiger partial charge in [-0.2, -0.15) is 0 Å². The fourth-order valence-electron chi connectivity index (χ4n) is 4.46. The maximum Gasteiger partial charge on any atom is 0.0681 e. The molecule has 2 N–H and O–H groups in total. The average molecular weight is 424 g/mol. The summed E-state index contributed by atoms with van der Waals surface area (Å²) in [5, 5.41) is 12.8. The fourth-order valence-corrected chi connectivity index (χ4v) is 4.46. The number of hydrogen-bond acceptors (Lipinski definition) is 4. The molecule has 1 fully saturated rings. The van der Waals surface area contributed by atoms with Gasteiger partial charge >= 0.3 is 0 Å². The Hall–Kier alpha value is -3.21.